The van der Waals surface area contributed by atoms with Gasteiger partial charge < -0.3 is 14.5 Å². The average molecular weight is 1230 g/mol. The van der Waals surface area contributed by atoms with E-state index in [2.05, 4.69) is 395 Å². The maximum absolute atomic E-state index is 5.42. The molecule has 95 heavy (non-hydrogen) atoms. The van der Waals surface area contributed by atoms with Crippen LogP contribution in [0, 0.1) is 0 Å². The molecule has 0 N–H and O–H groups in total. The van der Waals surface area contributed by atoms with Crippen molar-refractivity contribution in [3.05, 3.63) is 364 Å². The molecule has 2 aromatic heterocycles. The quantitative estimate of drug-likeness (QED) is 0.0735. The van der Waals surface area contributed by atoms with Crippen LogP contribution in [0.3, 0.4) is 0 Å². The second-order valence-corrected chi connectivity index (χ2v) is 23.6. The Morgan fingerprint density at radius 3 is 0.937 bits per heavy atom. The van der Waals surface area contributed by atoms with E-state index in [0.29, 0.717) is 0 Å². The van der Waals surface area contributed by atoms with E-state index in [0.717, 1.165) is 101 Å². The Balaban J connectivity index is 0.000000150. The predicted molar refractivity (Wildman–Crippen MR) is 407 cm³/mol. The smallest absolute Gasteiger partial charge is 0.265 e. The maximum atomic E-state index is 5.42. The van der Waals surface area contributed by atoms with Crippen molar-refractivity contribution in [1.29, 1.82) is 0 Å². The Labute approximate surface area is 556 Å². The van der Waals surface area contributed by atoms with Crippen LogP contribution in [0.5, 0.6) is 0 Å². The first-order valence-electron chi connectivity index (χ1n) is 31.8. The van der Waals surface area contributed by atoms with Crippen molar-refractivity contribution in [3.63, 3.8) is 0 Å². The van der Waals surface area contributed by atoms with E-state index in [1.165, 1.54) is 54.2 Å². The third kappa shape index (κ3) is 12.2. The third-order valence-corrected chi connectivity index (χ3v) is 17.6. The Bertz CT molecular complexity index is 5220. The molecule has 17 rings (SSSR count). The highest BCUT2D eigenvalue weighted by atomic mass is 31.0. The number of benzene rings is 15. The van der Waals surface area contributed by atoms with E-state index >= 15 is 0 Å². The monoisotopic (exact) mass is 1230 g/mol. The van der Waals surface area contributed by atoms with Gasteiger partial charge >= 0.3 is 0 Å². The van der Waals surface area contributed by atoms with Gasteiger partial charge in [-0.2, -0.15) is 0 Å². The number of rotatable bonds is 11. The molecule has 0 atom stereocenters. The first-order chi connectivity index (χ1) is 47.0. The second-order valence-electron chi connectivity index (χ2n) is 23.4. The van der Waals surface area contributed by atoms with Crippen molar-refractivity contribution in [2.75, 3.05) is 9.80 Å². The van der Waals surface area contributed by atoms with Gasteiger partial charge in [0, 0.05) is 55.4 Å². The molecule has 0 aliphatic rings. The minimum absolute atomic E-state index is 0.904. The molecule has 446 valence electrons. The lowest BCUT2D eigenvalue weighted by molar-refractivity contribution is 1.29. The zero-order chi connectivity index (χ0) is 63.9. The molecule has 0 saturated heterocycles. The molecule has 0 aliphatic heterocycles. The maximum Gasteiger partial charge on any atom is 0.265 e. The van der Waals surface area contributed by atoms with Crippen LogP contribution in [-0.4, -0.2) is 17.9 Å². The van der Waals surface area contributed by atoms with E-state index in [4.69, 9.17) is 9.97 Å². The van der Waals surface area contributed by atoms with Crippen molar-refractivity contribution in [2.24, 2.45) is 4.66 Å². The van der Waals surface area contributed by atoms with E-state index in [9.17, 15) is 0 Å². The molecule has 0 aliphatic carbocycles. The number of para-hydroxylation sites is 2. The molecular weight excluding hydrogens is 1170 g/mol. The molecule has 15 aromatic carbocycles. The molecule has 0 spiro atoms. The Kier molecular flexibility index (Phi) is 16.8. The number of pyridine rings is 2. The number of aromatic nitrogens is 2. The average Bonchev–Trinajstić information content (AvgIpc) is 0.858. The largest absolute Gasteiger partial charge is 0.344 e. The lowest BCUT2D eigenvalue weighted by Crippen LogP contribution is -2.10. The third-order valence-electron chi connectivity index (χ3n) is 17.6. The summed E-state index contributed by atoms with van der Waals surface area (Å²) in [6.45, 7) is 0. The van der Waals surface area contributed by atoms with E-state index < -0.39 is 0 Å². The first kappa shape index (κ1) is 59.2. The summed E-state index contributed by atoms with van der Waals surface area (Å²) < 4.78 is 2.81. The van der Waals surface area contributed by atoms with Crippen molar-refractivity contribution < 1.29 is 0 Å². The minimum atomic E-state index is 0.904. The summed E-state index contributed by atoms with van der Waals surface area (Å²) in [6, 6.07) is 130. The van der Waals surface area contributed by atoms with Crippen molar-refractivity contribution in [2.45, 2.75) is 0 Å². The highest BCUT2D eigenvalue weighted by Crippen LogP contribution is 2.44. The summed E-state index contributed by atoms with van der Waals surface area (Å²) in [6.07, 6.45) is 0. The second kappa shape index (κ2) is 27.0. The number of anilines is 6. The minimum Gasteiger partial charge on any atom is -0.344 e. The molecule has 2 heterocycles. The van der Waals surface area contributed by atoms with Crippen LogP contribution in [0.4, 0.5) is 34.1 Å². The zero-order valence-corrected chi connectivity index (χ0v) is 53.0. The summed E-state index contributed by atoms with van der Waals surface area (Å²) in [5.74, 6) is 0. The number of hydrogen-bond donors (Lipinski definition) is 0. The summed E-state index contributed by atoms with van der Waals surface area (Å²) >= 11 is 0. The van der Waals surface area contributed by atoms with E-state index in [1.807, 2.05) is 0 Å². The molecule has 7 heteroatoms. The van der Waals surface area contributed by atoms with Crippen LogP contribution in [-0.2, 0) is 0 Å². The van der Waals surface area contributed by atoms with Gasteiger partial charge in [-0.05, 0) is 160 Å². The fourth-order valence-electron chi connectivity index (χ4n) is 13.1. The van der Waals surface area contributed by atoms with Gasteiger partial charge in [-0.15, -0.1) is 0 Å². The van der Waals surface area contributed by atoms with Crippen molar-refractivity contribution in [1.82, 2.24) is 9.97 Å². The summed E-state index contributed by atoms with van der Waals surface area (Å²) in [5.41, 5.74) is 19.6. The molecule has 0 bridgehead atoms. The fourth-order valence-corrected chi connectivity index (χ4v) is 13.1. The molecule has 0 fully saturated rings. The number of nitrogens with zero attached hydrogens (tertiary/aromatic N) is 5. The van der Waals surface area contributed by atoms with Crippen molar-refractivity contribution >= 4 is 116 Å². The molecule has 5 nitrogen and oxygen atoms in total. The van der Waals surface area contributed by atoms with Crippen LogP contribution in [0.2, 0.25) is 0 Å². The Morgan fingerprint density at radius 1 is 0.242 bits per heavy atom. The van der Waals surface area contributed by atoms with Crippen LogP contribution in [0.25, 0.3) is 121 Å². The topological polar surface area (TPSA) is 44.6 Å². The number of fused-ring (bicyclic) bond motifs is 7. The fraction of sp³-hybridized carbons (Fsp3) is 0. The number of hydrogen-bond acceptors (Lipinski definition) is 5. The summed E-state index contributed by atoms with van der Waals surface area (Å²) in [7, 11) is 6.97. The molecule has 0 saturated carbocycles. The highest BCUT2D eigenvalue weighted by molar-refractivity contribution is 7.05. The Morgan fingerprint density at radius 2 is 0.547 bits per heavy atom. The van der Waals surface area contributed by atoms with Crippen LogP contribution in [0.1, 0.15) is 0 Å². The molecule has 17 aromatic rings. The summed E-state index contributed by atoms with van der Waals surface area (Å²) in [4.78, 5) is 15.5. The van der Waals surface area contributed by atoms with Crippen LogP contribution in [0.15, 0.2) is 369 Å². The lowest BCUT2D eigenvalue weighted by Gasteiger charge is -2.27. The van der Waals surface area contributed by atoms with E-state index in [-0.39, 0.29) is 0 Å². The van der Waals surface area contributed by atoms with Gasteiger partial charge in [0.2, 0.25) is 0 Å². The van der Waals surface area contributed by atoms with Gasteiger partial charge in [0.05, 0.1) is 33.8 Å². The first-order valence-corrected chi connectivity index (χ1v) is 32.3. The van der Waals surface area contributed by atoms with Crippen LogP contribution >= 0.6 is 9.03 Å². The van der Waals surface area contributed by atoms with E-state index in [1.54, 1.807) is 0 Å². The van der Waals surface area contributed by atoms with Gasteiger partial charge in [-0.3, -0.25) is 0 Å². The van der Waals surface area contributed by atoms with Gasteiger partial charge in [0.25, 0.3) is 7.98 Å². The van der Waals surface area contributed by atoms with Crippen molar-refractivity contribution in [3.8, 4) is 55.9 Å². The highest BCUT2D eigenvalue weighted by Gasteiger charge is 2.20. The van der Waals surface area contributed by atoms with Gasteiger partial charge in [0.1, 0.15) is 0 Å². The van der Waals surface area contributed by atoms with Gasteiger partial charge in [-0.1, -0.05) is 279 Å². The predicted octanol–water partition coefficient (Wildman–Crippen LogP) is 24.8. The molecule has 0 unspecified atom stereocenters. The van der Waals surface area contributed by atoms with Crippen LogP contribution < -0.4 is 9.80 Å². The molecular formula is C88H61BN5P. The SMILES string of the molecule is [B]N=P.c1ccc(-c2cc(-c3ccc4ccccc4c3)nc3c2ccc2c(-c4ccccc4)cc(-c4ccc5ccccc5c4)nc23)cc1.c1ccc(N(c2ccc(-c3ccc(N(c4ccccc4)c4cccc5ccccc45)cc3)cc2)c2cccc3ccccc23)cc1. The Hall–Kier alpha value is -12.1. The standard InChI is InChI=1S/C44H28N2.C44H32N2.BHNP/c1-3-13-31(14-4-1)39-27-41(35-21-19-29-11-7-9-17-33(29)25-35)45-43-37(39)23-24-38-40(32-15-5-2-6-16-32)28-42(46-44(38)43)36-22-20-30-12-8-10-18-34(30)26-36;1-3-17-37(18-4-1)45(43-23-11-15-35-13-7-9-21-41(35)43)39-29-25-33(26-30-39)34-27-31-40(32-28-34)46(38-19-5-2-6-20-38)44-24-12-16-36-14-8-10-22-42(36)44;1-2-3/h1-28H;1-32H;3H. The van der Waals surface area contributed by atoms with Gasteiger partial charge in [-0.25, -0.2) is 9.97 Å². The molecule has 0 amide bonds. The van der Waals surface area contributed by atoms with Gasteiger partial charge in [0.15, 0.2) is 0 Å². The normalized spacial score (nSPS) is 11.0. The zero-order valence-electron chi connectivity index (χ0n) is 52.0. The lowest BCUT2D eigenvalue weighted by atomic mass is 9.93. The summed E-state index contributed by atoms with van der Waals surface area (Å²) in [5, 5.41) is 11.9. The molecule has 2 radical (unpaired) electrons.